The van der Waals surface area contributed by atoms with Crippen molar-refractivity contribution < 1.29 is 14.6 Å². The number of carbonyl (C=O) groups excluding carboxylic acids is 1. The highest BCUT2D eigenvalue weighted by Crippen LogP contribution is 2.33. The number of benzene rings is 1. The van der Waals surface area contributed by atoms with Gasteiger partial charge in [0.15, 0.2) is 5.60 Å². The molecule has 2 aromatic heterocycles. The van der Waals surface area contributed by atoms with Crippen molar-refractivity contribution in [3.8, 4) is 5.75 Å². The van der Waals surface area contributed by atoms with E-state index in [0.29, 0.717) is 10.8 Å². The summed E-state index contributed by atoms with van der Waals surface area (Å²) in [7, 11) is 0. The second-order valence-corrected chi connectivity index (χ2v) is 8.76. The van der Waals surface area contributed by atoms with E-state index in [1.54, 1.807) is 38.1 Å². The Hall–Kier alpha value is -1.86. The number of thiophene rings is 2. The van der Waals surface area contributed by atoms with Crippen molar-refractivity contribution in [3.63, 3.8) is 0 Å². The van der Waals surface area contributed by atoms with Crippen molar-refractivity contribution in [2.24, 2.45) is 0 Å². The molecule has 0 aliphatic rings. The first kappa shape index (κ1) is 19.9. The van der Waals surface area contributed by atoms with Crippen molar-refractivity contribution in [2.75, 3.05) is 6.54 Å². The molecule has 1 unspecified atom stereocenters. The van der Waals surface area contributed by atoms with Crippen LogP contribution < -0.4 is 10.1 Å². The maximum atomic E-state index is 12.8. The number of amides is 1. The zero-order valence-corrected chi connectivity index (χ0v) is 17.3. The Morgan fingerprint density at radius 2 is 1.93 bits per heavy atom. The summed E-state index contributed by atoms with van der Waals surface area (Å²) in [5.74, 6) is 0.230. The molecule has 0 saturated carbocycles. The molecule has 0 saturated heterocycles. The highest BCUT2D eigenvalue weighted by atomic mass is 35.5. The van der Waals surface area contributed by atoms with Crippen LogP contribution in [0, 0.1) is 0 Å². The van der Waals surface area contributed by atoms with Crippen molar-refractivity contribution in [2.45, 2.75) is 25.0 Å². The van der Waals surface area contributed by atoms with Gasteiger partial charge in [0.25, 0.3) is 5.91 Å². The third-order valence-electron chi connectivity index (χ3n) is 4.17. The van der Waals surface area contributed by atoms with E-state index in [1.807, 2.05) is 34.3 Å². The van der Waals surface area contributed by atoms with Gasteiger partial charge in [0, 0.05) is 15.5 Å². The molecule has 1 amide bonds. The van der Waals surface area contributed by atoms with E-state index >= 15 is 0 Å². The molecule has 3 rings (SSSR count). The molecule has 2 N–H and O–H groups in total. The number of aliphatic hydroxyl groups is 1. The summed E-state index contributed by atoms with van der Waals surface area (Å²) in [6, 6.07) is 12.5. The van der Waals surface area contributed by atoms with Gasteiger partial charge in [-0.2, -0.15) is 11.3 Å². The average Bonchev–Trinajstić information content (AvgIpc) is 3.35. The van der Waals surface area contributed by atoms with Gasteiger partial charge >= 0.3 is 0 Å². The van der Waals surface area contributed by atoms with Crippen LogP contribution in [0.15, 0.2) is 58.6 Å². The molecule has 0 aliphatic heterocycles. The summed E-state index contributed by atoms with van der Waals surface area (Å²) in [4.78, 5) is 13.5. The van der Waals surface area contributed by atoms with E-state index < -0.39 is 11.2 Å². The monoisotopic (exact) mass is 421 g/mol. The molecule has 4 nitrogen and oxygen atoms in total. The second kappa shape index (κ2) is 8.02. The summed E-state index contributed by atoms with van der Waals surface area (Å²) in [5.41, 5.74) is -1.63. The van der Waals surface area contributed by atoms with Crippen molar-refractivity contribution in [1.29, 1.82) is 0 Å². The smallest absolute Gasteiger partial charge is 0.263 e. The standard InChI is InChI=1S/C20H20ClNO3S2/c1-19(2,25-16-7-5-15(21)6-8-16)18(23)22-13-20(24,14-9-11-26-12-14)17-4-3-10-27-17/h3-12,24H,13H2,1-2H3,(H,22,23). The number of carbonyl (C=O) groups is 1. The molecule has 0 spiro atoms. The van der Waals surface area contributed by atoms with E-state index in [-0.39, 0.29) is 12.5 Å². The van der Waals surface area contributed by atoms with Crippen LogP contribution >= 0.6 is 34.3 Å². The van der Waals surface area contributed by atoms with E-state index in [0.717, 1.165) is 10.4 Å². The minimum Gasteiger partial charge on any atom is -0.478 e. The normalized spacial score (nSPS) is 13.8. The molecule has 7 heteroatoms. The van der Waals surface area contributed by atoms with Crippen LogP contribution in [0.2, 0.25) is 5.02 Å². The zero-order valence-electron chi connectivity index (χ0n) is 14.9. The largest absolute Gasteiger partial charge is 0.478 e. The lowest BCUT2D eigenvalue weighted by molar-refractivity contribution is -0.135. The highest BCUT2D eigenvalue weighted by molar-refractivity contribution is 7.10. The van der Waals surface area contributed by atoms with Gasteiger partial charge in [0.2, 0.25) is 0 Å². The first-order valence-electron chi connectivity index (χ1n) is 8.33. The molecule has 0 bridgehead atoms. The lowest BCUT2D eigenvalue weighted by Crippen LogP contribution is -2.50. The SMILES string of the molecule is CC(C)(Oc1ccc(Cl)cc1)C(=O)NCC(O)(c1ccsc1)c1cccs1. The molecular weight excluding hydrogens is 402 g/mol. The van der Waals surface area contributed by atoms with Gasteiger partial charge < -0.3 is 15.2 Å². The third kappa shape index (κ3) is 4.52. The molecule has 0 fully saturated rings. The maximum absolute atomic E-state index is 12.8. The summed E-state index contributed by atoms with van der Waals surface area (Å²) in [6.45, 7) is 3.42. The Morgan fingerprint density at radius 1 is 1.19 bits per heavy atom. The first-order chi connectivity index (χ1) is 12.8. The van der Waals surface area contributed by atoms with Crippen LogP contribution in [0.1, 0.15) is 24.3 Å². The quantitative estimate of drug-likeness (QED) is 0.582. The predicted octanol–water partition coefficient (Wildman–Crippen LogP) is 4.67. The number of halogens is 1. The van der Waals surface area contributed by atoms with Crippen LogP contribution in [0.4, 0.5) is 0 Å². The molecule has 27 heavy (non-hydrogen) atoms. The molecule has 2 heterocycles. The molecule has 142 valence electrons. The van der Waals surface area contributed by atoms with Crippen LogP contribution in [0.3, 0.4) is 0 Å². The number of rotatable bonds is 7. The Kier molecular flexibility index (Phi) is 5.91. The van der Waals surface area contributed by atoms with Gasteiger partial charge in [0.1, 0.15) is 11.4 Å². The van der Waals surface area contributed by atoms with Crippen LogP contribution in [0.5, 0.6) is 5.75 Å². The minimum absolute atomic E-state index is 0.0521. The van der Waals surface area contributed by atoms with E-state index in [1.165, 1.54) is 22.7 Å². The van der Waals surface area contributed by atoms with Crippen LogP contribution in [-0.2, 0) is 10.4 Å². The van der Waals surface area contributed by atoms with E-state index in [2.05, 4.69) is 5.32 Å². The number of nitrogens with one attached hydrogen (secondary N) is 1. The highest BCUT2D eigenvalue weighted by Gasteiger charge is 2.37. The Labute approximate surface area is 171 Å². The van der Waals surface area contributed by atoms with Gasteiger partial charge in [-0.25, -0.2) is 0 Å². The first-order valence-corrected chi connectivity index (χ1v) is 10.5. The molecule has 0 aliphatic carbocycles. The fourth-order valence-electron chi connectivity index (χ4n) is 2.61. The number of hydrogen-bond donors (Lipinski definition) is 2. The zero-order chi connectivity index (χ0) is 19.5. The van der Waals surface area contributed by atoms with E-state index in [4.69, 9.17) is 16.3 Å². The fourth-order valence-corrected chi connectivity index (χ4v) is 4.31. The summed E-state index contributed by atoms with van der Waals surface area (Å²) in [6.07, 6.45) is 0. The van der Waals surface area contributed by atoms with Gasteiger partial charge in [-0.1, -0.05) is 17.7 Å². The lowest BCUT2D eigenvalue weighted by atomic mass is 9.94. The topological polar surface area (TPSA) is 58.6 Å². The van der Waals surface area contributed by atoms with Crippen LogP contribution in [0.25, 0.3) is 0 Å². The van der Waals surface area contributed by atoms with Crippen molar-refractivity contribution >= 4 is 40.2 Å². The number of hydrogen-bond acceptors (Lipinski definition) is 5. The molecule has 3 aromatic rings. The molecule has 1 atom stereocenters. The fraction of sp³-hybridized carbons (Fsp3) is 0.250. The van der Waals surface area contributed by atoms with Gasteiger partial charge in [0.05, 0.1) is 6.54 Å². The van der Waals surface area contributed by atoms with Crippen molar-refractivity contribution in [3.05, 3.63) is 74.1 Å². The second-order valence-electron chi connectivity index (χ2n) is 6.60. The summed E-state index contributed by atoms with van der Waals surface area (Å²) >= 11 is 8.84. The van der Waals surface area contributed by atoms with Crippen LogP contribution in [-0.4, -0.2) is 23.2 Å². The maximum Gasteiger partial charge on any atom is 0.263 e. The minimum atomic E-state index is -1.28. The molecular formula is C20H20ClNO3S2. The average molecular weight is 422 g/mol. The summed E-state index contributed by atoms with van der Waals surface area (Å²) < 4.78 is 5.82. The Morgan fingerprint density at radius 3 is 2.52 bits per heavy atom. The van der Waals surface area contributed by atoms with Crippen molar-refractivity contribution in [1.82, 2.24) is 5.32 Å². The summed E-state index contributed by atoms with van der Waals surface area (Å²) in [5, 5.41) is 20.5. The number of ether oxygens (including phenoxy) is 1. The predicted molar refractivity (Wildman–Crippen MR) is 111 cm³/mol. The Bertz CT molecular complexity index is 840. The third-order valence-corrected chi connectivity index (χ3v) is 6.12. The van der Waals surface area contributed by atoms with E-state index in [9.17, 15) is 9.90 Å². The lowest BCUT2D eigenvalue weighted by Gasteiger charge is -2.30. The molecule has 0 radical (unpaired) electrons. The van der Waals surface area contributed by atoms with Gasteiger partial charge in [-0.15, -0.1) is 11.3 Å². The Balaban J connectivity index is 1.73. The molecule has 1 aromatic carbocycles. The van der Waals surface area contributed by atoms with Gasteiger partial charge in [-0.05, 0) is 66.4 Å². The van der Waals surface area contributed by atoms with Gasteiger partial charge in [-0.3, -0.25) is 4.79 Å².